The first-order valence-electron chi connectivity index (χ1n) is 7.05. The first-order valence-corrected chi connectivity index (χ1v) is 8.63. The summed E-state index contributed by atoms with van der Waals surface area (Å²) in [5.74, 6) is 1.43. The summed E-state index contributed by atoms with van der Waals surface area (Å²) in [5.41, 5.74) is 0.0939. The third-order valence-electron chi connectivity index (χ3n) is 3.38. The number of rotatable bonds is 6. The van der Waals surface area contributed by atoms with Gasteiger partial charge in [-0.1, -0.05) is 0 Å². The molecule has 0 unspecified atom stereocenters. The minimum absolute atomic E-state index is 0.215. The molecule has 0 bridgehead atoms. The van der Waals surface area contributed by atoms with Crippen LogP contribution in [0.3, 0.4) is 0 Å². The first-order chi connectivity index (χ1) is 11.9. The van der Waals surface area contributed by atoms with Gasteiger partial charge in [0.1, 0.15) is 0 Å². The van der Waals surface area contributed by atoms with E-state index in [1.54, 1.807) is 18.2 Å². The Morgan fingerprint density at radius 1 is 1.12 bits per heavy atom. The molecule has 0 atom stereocenters. The molecule has 0 aliphatic heterocycles. The maximum absolute atomic E-state index is 12.1. The van der Waals surface area contributed by atoms with Crippen LogP contribution in [0.25, 0.3) is 6.08 Å². The zero-order valence-electron chi connectivity index (χ0n) is 13.8. The summed E-state index contributed by atoms with van der Waals surface area (Å²) in [7, 11) is 4.55. The van der Waals surface area contributed by atoms with Crippen molar-refractivity contribution in [3.05, 3.63) is 53.7 Å². The van der Waals surface area contributed by atoms with Crippen molar-refractivity contribution in [1.82, 2.24) is 9.55 Å². The third kappa shape index (κ3) is 4.55. The van der Waals surface area contributed by atoms with Gasteiger partial charge in [0, 0.05) is 6.20 Å². The molecular weight excluding hydrogens is 460 g/mol. The lowest BCUT2D eigenvalue weighted by molar-refractivity contribution is 0.323. The summed E-state index contributed by atoms with van der Waals surface area (Å²) in [6.07, 6.45) is 3.04. The second-order valence-corrected chi connectivity index (χ2v) is 7.71. The van der Waals surface area contributed by atoms with Crippen LogP contribution < -0.4 is 25.5 Å². The molecule has 0 fully saturated rings. The van der Waals surface area contributed by atoms with E-state index >= 15 is 0 Å². The van der Waals surface area contributed by atoms with E-state index in [9.17, 15) is 9.59 Å². The van der Waals surface area contributed by atoms with Crippen molar-refractivity contribution < 1.29 is 14.2 Å². The van der Waals surface area contributed by atoms with Crippen LogP contribution in [0.5, 0.6) is 17.2 Å². The highest BCUT2D eigenvalue weighted by Crippen LogP contribution is 2.38. The Hall–Kier alpha value is -2.00. The van der Waals surface area contributed by atoms with Gasteiger partial charge in [0.05, 0.1) is 36.8 Å². The summed E-state index contributed by atoms with van der Waals surface area (Å²) in [4.78, 5) is 26.2. The van der Waals surface area contributed by atoms with Gasteiger partial charge in [-0.3, -0.25) is 14.3 Å². The highest BCUT2D eigenvalue weighted by Gasteiger charge is 2.14. The topological polar surface area (TPSA) is 82.6 Å². The van der Waals surface area contributed by atoms with Gasteiger partial charge in [0.2, 0.25) is 5.75 Å². The highest BCUT2D eigenvalue weighted by molar-refractivity contribution is 9.28. The van der Waals surface area contributed by atoms with Gasteiger partial charge >= 0.3 is 5.69 Å². The van der Waals surface area contributed by atoms with Crippen LogP contribution >= 0.6 is 31.9 Å². The molecule has 1 aromatic carbocycles. The number of halogens is 2. The van der Waals surface area contributed by atoms with E-state index < -0.39 is 11.2 Å². The van der Waals surface area contributed by atoms with Crippen LogP contribution in [-0.2, 0) is 6.54 Å². The first kappa shape index (κ1) is 19.3. The molecule has 0 saturated heterocycles. The fourth-order valence-electron chi connectivity index (χ4n) is 2.29. The van der Waals surface area contributed by atoms with Gasteiger partial charge in [-0.05, 0) is 55.6 Å². The molecule has 0 saturated carbocycles. The molecule has 1 aromatic heterocycles. The number of hydrogen-bond acceptors (Lipinski definition) is 5. The van der Waals surface area contributed by atoms with Crippen LogP contribution in [0.2, 0.25) is 0 Å². The molecule has 0 aliphatic rings. The standard InChI is InChI=1S/C16H16Br2N2O5/c1-23-11-4-9(5-12(24-2)14(11)25-3)7-20-8-10(6-13(17)18)15(21)19-16(20)22/h4-6,8H,7H2,1-3H3,(H,19,21,22). The number of ether oxygens (including phenoxy) is 3. The number of methoxy groups -OCH3 is 3. The number of aromatic amines is 1. The van der Waals surface area contributed by atoms with E-state index in [0.29, 0.717) is 26.2 Å². The van der Waals surface area contributed by atoms with Crippen molar-refractivity contribution in [2.75, 3.05) is 21.3 Å². The highest BCUT2D eigenvalue weighted by atomic mass is 79.9. The van der Waals surface area contributed by atoms with Gasteiger partial charge in [0.15, 0.2) is 11.5 Å². The molecule has 134 valence electrons. The quantitative estimate of drug-likeness (QED) is 0.694. The van der Waals surface area contributed by atoms with Crippen LogP contribution in [-0.4, -0.2) is 30.9 Å². The van der Waals surface area contributed by atoms with Gasteiger partial charge < -0.3 is 14.2 Å². The number of H-pyrrole nitrogens is 1. The molecule has 1 N–H and O–H groups in total. The molecule has 1 heterocycles. The Morgan fingerprint density at radius 2 is 1.72 bits per heavy atom. The van der Waals surface area contributed by atoms with Crippen molar-refractivity contribution in [3.8, 4) is 17.2 Å². The average molecular weight is 476 g/mol. The Labute approximate surface area is 160 Å². The van der Waals surface area contributed by atoms with Crippen LogP contribution in [0.4, 0.5) is 0 Å². The Bertz CT molecular complexity index is 888. The molecule has 2 aromatic rings. The molecule has 0 spiro atoms. The van der Waals surface area contributed by atoms with Gasteiger partial charge in [-0.25, -0.2) is 4.79 Å². The number of hydrogen-bond donors (Lipinski definition) is 1. The van der Waals surface area contributed by atoms with Gasteiger partial charge in [-0.15, -0.1) is 0 Å². The second-order valence-electron chi connectivity index (χ2n) is 4.94. The zero-order valence-corrected chi connectivity index (χ0v) is 16.9. The summed E-state index contributed by atoms with van der Waals surface area (Å²) >= 11 is 6.40. The molecular formula is C16H16Br2N2O5. The molecule has 9 heteroatoms. The molecule has 2 rings (SSSR count). The smallest absolute Gasteiger partial charge is 0.328 e. The molecule has 25 heavy (non-hydrogen) atoms. The fraction of sp³-hybridized carbons (Fsp3) is 0.250. The van der Waals surface area contributed by atoms with Crippen molar-refractivity contribution in [1.29, 1.82) is 0 Å². The van der Waals surface area contributed by atoms with Crippen molar-refractivity contribution >= 4 is 37.9 Å². The summed E-state index contributed by atoms with van der Waals surface area (Å²) in [6.45, 7) is 0.215. The van der Waals surface area contributed by atoms with Crippen molar-refractivity contribution in [2.24, 2.45) is 0 Å². The average Bonchev–Trinajstić information content (AvgIpc) is 2.57. The monoisotopic (exact) mass is 474 g/mol. The second kappa shape index (κ2) is 8.39. The summed E-state index contributed by atoms with van der Waals surface area (Å²) in [6, 6.07) is 3.49. The van der Waals surface area contributed by atoms with Gasteiger partial charge in [0.25, 0.3) is 5.56 Å². The normalized spacial score (nSPS) is 10.3. The van der Waals surface area contributed by atoms with Crippen LogP contribution in [0.1, 0.15) is 11.1 Å². The minimum Gasteiger partial charge on any atom is -0.493 e. The van der Waals surface area contributed by atoms with E-state index in [1.165, 1.54) is 32.1 Å². The Balaban J connectivity index is 2.51. The molecule has 7 nitrogen and oxygen atoms in total. The number of nitrogens with one attached hydrogen (secondary N) is 1. The Morgan fingerprint density at radius 3 is 2.20 bits per heavy atom. The predicted octanol–water partition coefficient (Wildman–Crippen LogP) is 2.70. The van der Waals surface area contributed by atoms with Crippen LogP contribution in [0.15, 0.2) is 31.3 Å². The van der Waals surface area contributed by atoms with Crippen molar-refractivity contribution in [3.63, 3.8) is 0 Å². The van der Waals surface area contributed by atoms with E-state index in [2.05, 4.69) is 36.8 Å². The Kier molecular flexibility index (Phi) is 6.49. The zero-order chi connectivity index (χ0) is 18.6. The van der Waals surface area contributed by atoms with Crippen LogP contribution in [0, 0.1) is 0 Å². The fourth-order valence-corrected chi connectivity index (χ4v) is 2.78. The molecule has 0 aliphatic carbocycles. The van der Waals surface area contributed by atoms with E-state index in [1.807, 2.05) is 0 Å². The SMILES string of the molecule is COc1cc(Cn2cc(C=C(Br)Br)c(=O)[nH]c2=O)cc(OC)c1OC. The largest absolute Gasteiger partial charge is 0.493 e. The maximum Gasteiger partial charge on any atom is 0.328 e. The maximum atomic E-state index is 12.1. The minimum atomic E-state index is -0.512. The van der Waals surface area contributed by atoms with Crippen molar-refractivity contribution in [2.45, 2.75) is 6.54 Å². The number of benzene rings is 1. The lowest BCUT2D eigenvalue weighted by atomic mass is 10.1. The van der Waals surface area contributed by atoms with E-state index in [4.69, 9.17) is 14.2 Å². The predicted molar refractivity (Wildman–Crippen MR) is 102 cm³/mol. The lowest BCUT2D eigenvalue weighted by Gasteiger charge is -2.14. The number of nitrogens with zero attached hydrogens (tertiary/aromatic N) is 1. The van der Waals surface area contributed by atoms with Gasteiger partial charge in [-0.2, -0.15) is 0 Å². The molecule has 0 amide bonds. The summed E-state index contributed by atoms with van der Waals surface area (Å²) in [5, 5.41) is 0. The van der Waals surface area contributed by atoms with E-state index in [-0.39, 0.29) is 6.54 Å². The number of aromatic nitrogens is 2. The third-order valence-corrected chi connectivity index (χ3v) is 3.84. The summed E-state index contributed by atoms with van der Waals surface area (Å²) < 4.78 is 17.9. The van der Waals surface area contributed by atoms with E-state index in [0.717, 1.165) is 5.56 Å². The lowest BCUT2D eigenvalue weighted by Crippen LogP contribution is -2.31. The molecule has 0 radical (unpaired) electrons.